The molecule has 8 heteroatoms. The molecule has 1 saturated heterocycles. The van der Waals surface area contributed by atoms with Gasteiger partial charge in [-0.1, -0.05) is 26.0 Å². The monoisotopic (exact) mass is 502 g/mol. The van der Waals surface area contributed by atoms with E-state index in [1.165, 1.54) is 18.1 Å². The van der Waals surface area contributed by atoms with Crippen LogP contribution in [0, 0.1) is 12.8 Å². The van der Waals surface area contributed by atoms with Crippen molar-refractivity contribution < 1.29 is 29.3 Å². The lowest BCUT2D eigenvalue weighted by Gasteiger charge is -2.26. The summed E-state index contributed by atoms with van der Waals surface area (Å²) < 4.78 is 11.1. The van der Waals surface area contributed by atoms with E-state index in [1.54, 1.807) is 54.9 Å². The van der Waals surface area contributed by atoms with E-state index in [2.05, 4.69) is 18.8 Å². The van der Waals surface area contributed by atoms with Gasteiger partial charge in [0.05, 0.1) is 25.3 Å². The summed E-state index contributed by atoms with van der Waals surface area (Å²) in [6.45, 7) is 6.56. The molecule has 1 aliphatic heterocycles. The molecule has 0 saturated carbocycles. The molecule has 1 amide bonds. The number of rotatable bonds is 8. The number of aliphatic hydroxyl groups excluding tert-OH is 1. The van der Waals surface area contributed by atoms with Gasteiger partial charge >= 0.3 is 0 Å². The highest BCUT2D eigenvalue weighted by molar-refractivity contribution is 6.46. The highest BCUT2D eigenvalue weighted by Gasteiger charge is 2.46. The number of carbonyl (C=O) groups excluding carboxylic acids is 2. The van der Waals surface area contributed by atoms with Gasteiger partial charge in [0, 0.05) is 24.5 Å². The number of ether oxygens (including phenoxy) is 2. The van der Waals surface area contributed by atoms with E-state index in [0.717, 1.165) is 5.56 Å². The number of carbonyl (C=O) groups is 2. The maximum atomic E-state index is 13.4. The van der Waals surface area contributed by atoms with E-state index >= 15 is 0 Å². The molecule has 2 heterocycles. The molecule has 1 atom stereocenters. The SMILES string of the molecule is COc1cc([C@@H]2C(=C(O)c3ccc(OCC(C)C)cc3C)C(=O)C(=O)N2Cc2cccnc2)ccc1O. The Morgan fingerprint density at radius 3 is 2.57 bits per heavy atom. The second-order valence-electron chi connectivity index (χ2n) is 9.40. The fourth-order valence-electron chi connectivity index (χ4n) is 4.34. The third-order valence-electron chi connectivity index (χ3n) is 6.17. The highest BCUT2D eigenvalue weighted by Crippen LogP contribution is 2.43. The van der Waals surface area contributed by atoms with Crippen LogP contribution in [0.5, 0.6) is 17.2 Å². The lowest BCUT2D eigenvalue weighted by Crippen LogP contribution is -2.29. The van der Waals surface area contributed by atoms with E-state index in [1.807, 2.05) is 6.92 Å². The fraction of sp³-hybridized carbons (Fsp3) is 0.276. The van der Waals surface area contributed by atoms with Gasteiger partial charge in [-0.3, -0.25) is 14.6 Å². The van der Waals surface area contributed by atoms with E-state index < -0.39 is 17.7 Å². The highest BCUT2D eigenvalue weighted by atomic mass is 16.5. The van der Waals surface area contributed by atoms with E-state index in [4.69, 9.17) is 9.47 Å². The van der Waals surface area contributed by atoms with Crippen molar-refractivity contribution in [3.8, 4) is 17.2 Å². The van der Waals surface area contributed by atoms with Crippen LogP contribution < -0.4 is 9.47 Å². The molecule has 1 fully saturated rings. The minimum absolute atomic E-state index is 0.0411. The molecule has 192 valence electrons. The summed E-state index contributed by atoms with van der Waals surface area (Å²) in [6.07, 6.45) is 3.24. The van der Waals surface area contributed by atoms with Crippen LogP contribution in [0.4, 0.5) is 0 Å². The third kappa shape index (κ3) is 5.28. The number of likely N-dealkylation sites (tertiary alicyclic amines) is 1. The van der Waals surface area contributed by atoms with Gasteiger partial charge < -0.3 is 24.6 Å². The molecule has 2 N–H and O–H groups in total. The Bertz CT molecular complexity index is 1350. The summed E-state index contributed by atoms with van der Waals surface area (Å²) in [7, 11) is 1.41. The molecule has 0 bridgehead atoms. The second kappa shape index (κ2) is 10.7. The Morgan fingerprint density at radius 1 is 1.14 bits per heavy atom. The van der Waals surface area contributed by atoms with Crippen molar-refractivity contribution >= 4 is 17.4 Å². The van der Waals surface area contributed by atoms with Crippen LogP contribution >= 0.6 is 0 Å². The Hall–Kier alpha value is -4.33. The number of aromatic hydroxyl groups is 1. The lowest BCUT2D eigenvalue weighted by molar-refractivity contribution is -0.140. The molecule has 4 rings (SSSR count). The van der Waals surface area contributed by atoms with Gasteiger partial charge in [0.1, 0.15) is 11.5 Å². The summed E-state index contributed by atoms with van der Waals surface area (Å²) in [6, 6.07) is 12.5. The van der Waals surface area contributed by atoms with Gasteiger partial charge in [0.2, 0.25) is 0 Å². The molecule has 1 aromatic heterocycles. The molecule has 0 aliphatic carbocycles. The average molecular weight is 503 g/mol. The van der Waals surface area contributed by atoms with E-state index in [-0.39, 0.29) is 29.4 Å². The normalized spacial score (nSPS) is 16.9. The summed E-state index contributed by atoms with van der Waals surface area (Å²) >= 11 is 0. The topological polar surface area (TPSA) is 109 Å². The first-order valence-corrected chi connectivity index (χ1v) is 12.0. The van der Waals surface area contributed by atoms with Crippen LogP contribution in [0.2, 0.25) is 0 Å². The zero-order valence-electron chi connectivity index (χ0n) is 21.3. The number of amides is 1. The average Bonchev–Trinajstić information content (AvgIpc) is 3.13. The van der Waals surface area contributed by atoms with Crippen LogP contribution in [0.3, 0.4) is 0 Å². The predicted octanol–water partition coefficient (Wildman–Crippen LogP) is 4.76. The number of ketones is 1. The molecule has 3 aromatic rings. The van der Waals surface area contributed by atoms with Gasteiger partial charge in [0.25, 0.3) is 11.7 Å². The number of aromatic nitrogens is 1. The van der Waals surface area contributed by atoms with Gasteiger partial charge in [0.15, 0.2) is 11.5 Å². The van der Waals surface area contributed by atoms with Gasteiger partial charge in [-0.2, -0.15) is 0 Å². The first kappa shape index (κ1) is 25.8. The van der Waals surface area contributed by atoms with Gasteiger partial charge in [-0.15, -0.1) is 0 Å². The summed E-state index contributed by atoms with van der Waals surface area (Å²) in [5.41, 5.74) is 2.31. The van der Waals surface area contributed by atoms with Gasteiger partial charge in [-0.05, 0) is 65.9 Å². The third-order valence-corrected chi connectivity index (χ3v) is 6.17. The molecule has 1 aliphatic rings. The van der Waals surface area contributed by atoms with Gasteiger partial charge in [-0.25, -0.2) is 0 Å². The number of Topliss-reactive ketones (excluding diaryl/α,β-unsaturated/α-hetero) is 1. The number of phenolic OH excluding ortho intramolecular Hbond substituents is 1. The Morgan fingerprint density at radius 2 is 1.92 bits per heavy atom. The number of aryl methyl sites for hydroxylation is 1. The molecular weight excluding hydrogens is 472 g/mol. The quantitative estimate of drug-likeness (QED) is 0.260. The number of hydrogen-bond donors (Lipinski definition) is 2. The fourth-order valence-corrected chi connectivity index (χ4v) is 4.34. The molecule has 0 radical (unpaired) electrons. The number of nitrogens with zero attached hydrogens (tertiary/aromatic N) is 2. The van der Waals surface area contributed by atoms with Crippen molar-refractivity contribution in [2.75, 3.05) is 13.7 Å². The maximum absolute atomic E-state index is 13.4. The smallest absolute Gasteiger partial charge is 0.295 e. The standard InChI is InChI=1S/C29H30N2O6/c1-17(2)16-37-21-8-9-22(18(3)12-21)27(33)25-26(20-7-10-23(32)24(13-20)36-4)31(29(35)28(25)34)15-19-6-5-11-30-14-19/h5-14,17,26,32-33H,15-16H2,1-4H3/t26-/m1/s1. The molecule has 0 unspecified atom stereocenters. The molecule has 2 aromatic carbocycles. The Labute approximate surface area is 215 Å². The van der Waals surface area contributed by atoms with Crippen molar-refractivity contribution in [1.82, 2.24) is 9.88 Å². The molecule has 8 nitrogen and oxygen atoms in total. The maximum Gasteiger partial charge on any atom is 0.295 e. The zero-order chi connectivity index (χ0) is 26.7. The first-order valence-electron chi connectivity index (χ1n) is 12.0. The molecular formula is C29H30N2O6. The van der Waals surface area contributed by atoms with Crippen LogP contribution in [-0.2, 0) is 16.1 Å². The van der Waals surface area contributed by atoms with Crippen molar-refractivity contribution in [3.05, 3.63) is 88.8 Å². The number of benzene rings is 2. The number of phenols is 1. The minimum Gasteiger partial charge on any atom is -0.507 e. The zero-order valence-corrected chi connectivity index (χ0v) is 21.3. The van der Waals surface area contributed by atoms with Crippen LogP contribution in [-0.4, -0.2) is 45.5 Å². The van der Waals surface area contributed by atoms with E-state index in [0.29, 0.717) is 35.0 Å². The lowest BCUT2D eigenvalue weighted by atomic mass is 9.93. The largest absolute Gasteiger partial charge is 0.507 e. The molecule has 37 heavy (non-hydrogen) atoms. The summed E-state index contributed by atoms with van der Waals surface area (Å²) in [4.78, 5) is 32.1. The van der Waals surface area contributed by atoms with Crippen molar-refractivity contribution in [2.24, 2.45) is 5.92 Å². The summed E-state index contributed by atoms with van der Waals surface area (Å²) in [5, 5.41) is 21.6. The number of aliphatic hydroxyl groups is 1. The van der Waals surface area contributed by atoms with Crippen molar-refractivity contribution in [3.63, 3.8) is 0 Å². The van der Waals surface area contributed by atoms with Crippen LogP contribution in [0.1, 0.15) is 42.1 Å². The van der Waals surface area contributed by atoms with Crippen LogP contribution in [0.25, 0.3) is 5.76 Å². The Balaban J connectivity index is 1.83. The minimum atomic E-state index is -0.911. The number of methoxy groups -OCH3 is 1. The summed E-state index contributed by atoms with van der Waals surface area (Å²) in [5.74, 6) is -0.700. The number of pyridine rings is 1. The van der Waals surface area contributed by atoms with Crippen LogP contribution in [0.15, 0.2) is 66.5 Å². The van der Waals surface area contributed by atoms with E-state index in [9.17, 15) is 19.8 Å². The second-order valence-corrected chi connectivity index (χ2v) is 9.40. The number of hydrogen-bond acceptors (Lipinski definition) is 7. The predicted molar refractivity (Wildman–Crippen MR) is 138 cm³/mol. The first-order chi connectivity index (χ1) is 17.7. The van der Waals surface area contributed by atoms with Crippen molar-refractivity contribution in [1.29, 1.82) is 0 Å². The Kier molecular flexibility index (Phi) is 7.47. The van der Waals surface area contributed by atoms with Crippen molar-refractivity contribution in [2.45, 2.75) is 33.4 Å². The molecule has 0 spiro atoms.